The van der Waals surface area contributed by atoms with Gasteiger partial charge in [-0.15, -0.1) is 24.8 Å². The first-order chi connectivity index (χ1) is 34.5. The number of halogens is 4. The number of fused-ring (bicyclic) bond motifs is 2. The third-order valence-electron chi connectivity index (χ3n) is 10.8. The number of rotatable bonds is 17. The average Bonchev–Trinajstić information content (AvgIpc) is 4.08. The SMILES string of the molecule is CS(=O)(=O)CCNCc1coc(-c2cc3c(Nc4ccc(OCc5cccc(F)c5)cc4)ncnc3cn2)c1.Cl.Cl.O=Cc1coc(-c2cc3c(-c4ccc(OCc5cccc(F)c5)cc4)ncnc3cn2)c1. The summed E-state index contributed by atoms with van der Waals surface area (Å²) in [4.78, 5) is 37.3. The Morgan fingerprint density at radius 3 is 1.81 bits per heavy atom. The number of benzene rings is 4. The van der Waals surface area contributed by atoms with Crippen LogP contribution in [-0.4, -0.2) is 63.2 Å². The fraction of sp³-hybridized carbons (Fsp3) is 0.113. The van der Waals surface area contributed by atoms with Gasteiger partial charge in [0.2, 0.25) is 0 Å². The third kappa shape index (κ3) is 14.0. The number of ether oxygens (including phenoxy) is 2. The standard InChI is InChI=1S/C28H26FN5O4S.C25H16FN3O3.2ClH/c1-39(35,36)10-9-30-14-20-12-27(38-17-20)25-13-24-26(15-31-25)32-18-33-28(24)34-22-5-7-23(8-6-22)37-16-19-3-2-4-21(29)11-19;26-19-3-1-2-16(8-19)13-31-20-6-4-18(5-7-20)25-21-10-22(24-9-17(12-30)14-32-24)27-11-23(21)28-15-29-25;;/h2-8,11-13,15,17-18,30H,9-10,14,16H2,1H3,(H,32,33,34);1-12,14-15H,13H2;2*1H. The Morgan fingerprint density at radius 2 is 1.21 bits per heavy atom. The molecule has 0 atom stereocenters. The lowest BCUT2D eigenvalue weighted by atomic mass is 10.1. The minimum atomic E-state index is -3.01. The monoisotopic (exact) mass is 1040 g/mol. The second-order valence-electron chi connectivity index (χ2n) is 16.1. The van der Waals surface area contributed by atoms with Crippen LogP contribution in [0.3, 0.4) is 0 Å². The lowest BCUT2D eigenvalue weighted by Crippen LogP contribution is -2.21. The van der Waals surface area contributed by atoms with Crippen LogP contribution in [0, 0.1) is 11.6 Å². The van der Waals surface area contributed by atoms with E-state index in [4.69, 9.17) is 18.3 Å². The van der Waals surface area contributed by atoms with E-state index in [-0.39, 0.29) is 55.4 Å². The molecular weight excluding hydrogens is 1000 g/mol. The van der Waals surface area contributed by atoms with Crippen molar-refractivity contribution in [1.82, 2.24) is 35.2 Å². The van der Waals surface area contributed by atoms with Crippen molar-refractivity contribution >= 4 is 74.2 Å². The number of hydrogen-bond donors (Lipinski definition) is 2. The fourth-order valence-electron chi connectivity index (χ4n) is 7.22. The minimum Gasteiger partial charge on any atom is -0.489 e. The number of sulfone groups is 1. The molecule has 0 fully saturated rings. The topological polar surface area (TPSA) is 197 Å². The average molecular weight is 1050 g/mol. The van der Waals surface area contributed by atoms with Crippen LogP contribution < -0.4 is 20.1 Å². The normalized spacial score (nSPS) is 10.9. The summed E-state index contributed by atoms with van der Waals surface area (Å²) in [5, 5.41) is 7.97. The van der Waals surface area contributed by atoms with Crippen LogP contribution >= 0.6 is 24.8 Å². The molecule has 0 unspecified atom stereocenters. The summed E-state index contributed by atoms with van der Waals surface area (Å²) in [6, 6.07) is 34.7. The maximum absolute atomic E-state index is 13.4. The van der Waals surface area contributed by atoms with Crippen molar-refractivity contribution in [3.8, 4) is 45.7 Å². The van der Waals surface area contributed by atoms with Crippen molar-refractivity contribution < 1.29 is 40.3 Å². The molecule has 20 heteroatoms. The van der Waals surface area contributed by atoms with Gasteiger partial charge in [0.15, 0.2) is 17.8 Å². The van der Waals surface area contributed by atoms with E-state index in [9.17, 15) is 22.0 Å². The molecule has 0 amide bonds. The zero-order valence-corrected chi connectivity index (χ0v) is 41.1. The third-order valence-corrected chi connectivity index (χ3v) is 11.7. The van der Waals surface area contributed by atoms with Crippen LogP contribution in [0.25, 0.3) is 56.0 Å². The van der Waals surface area contributed by atoms with E-state index >= 15 is 0 Å². The second kappa shape index (κ2) is 24.3. The number of pyridine rings is 2. The molecule has 372 valence electrons. The summed E-state index contributed by atoms with van der Waals surface area (Å²) >= 11 is 0. The summed E-state index contributed by atoms with van der Waals surface area (Å²) in [5.74, 6) is 2.48. The largest absolute Gasteiger partial charge is 0.489 e. The van der Waals surface area contributed by atoms with Crippen LogP contribution in [0.1, 0.15) is 27.0 Å². The number of furan rings is 2. The van der Waals surface area contributed by atoms with Crippen molar-refractivity contribution in [1.29, 1.82) is 0 Å². The zero-order valence-electron chi connectivity index (χ0n) is 38.6. The van der Waals surface area contributed by atoms with Crippen molar-refractivity contribution in [3.63, 3.8) is 0 Å². The minimum absolute atomic E-state index is 0. The molecule has 0 aliphatic rings. The Morgan fingerprint density at radius 1 is 0.630 bits per heavy atom. The number of aldehydes is 1. The highest BCUT2D eigenvalue weighted by molar-refractivity contribution is 7.90. The smallest absolute Gasteiger partial charge is 0.153 e. The van der Waals surface area contributed by atoms with Crippen LogP contribution in [0.2, 0.25) is 0 Å². The number of anilines is 2. The Bertz CT molecular complexity index is 3590. The predicted molar refractivity (Wildman–Crippen MR) is 278 cm³/mol. The van der Waals surface area contributed by atoms with Gasteiger partial charge in [0.05, 0.1) is 46.7 Å². The molecule has 6 heterocycles. The maximum atomic E-state index is 13.4. The number of carbonyl (C=O) groups is 1. The van der Waals surface area contributed by atoms with Crippen LogP contribution in [-0.2, 0) is 29.6 Å². The molecule has 10 rings (SSSR count). The second-order valence-corrected chi connectivity index (χ2v) is 18.4. The van der Waals surface area contributed by atoms with E-state index in [1.54, 1.807) is 36.9 Å². The first kappa shape index (κ1) is 52.7. The van der Waals surface area contributed by atoms with Gasteiger partial charge in [0.25, 0.3) is 0 Å². The van der Waals surface area contributed by atoms with Gasteiger partial charge in [-0.2, -0.15) is 0 Å². The molecule has 0 bridgehead atoms. The van der Waals surface area contributed by atoms with E-state index in [0.29, 0.717) is 69.9 Å². The Hall–Kier alpha value is -8.16. The number of nitrogens with zero attached hydrogens (tertiary/aromatic N) is 6. The van der Waals surface area contributed by atoms with Gasteiger partial charge >= 0.3 is 0 Å². The summed E-state index contributed by atoms with van der Waals surface area (Å²) in [5.41, 5.74) is 7.79. The van der Waals surface area contributed by atoms with E-state index in [1.807, 2.05) is 78.9 Å². The van der Waals surface area contributed by atoms with E-state index in [2.05, 4.69) is 40.5 Å². The fourth-order valence-corrected chi connectivity index (χ4v) is 7.74. The van der Waals surface area contributed by atoms with E-state index in [0.717, 1.165) is 50.7 Å². The molecule has 4 aromatic carbocycles. The predicted octanol–water partition coefficient (Wildman–Crippen LogP) is 11.2. The van der Waals surface area contributed by atoms with Gasteiger partial charge in [-0.05, 0) is 108 Å². The summed E-state index contributed by atoms with van der Waals surface area (Å²) in [6.45, 7) is 1.38. The number of nitrogens with one attached hydrogen (secondary N) is 2. The van der Waals surface area contributed by atoms with Gasteiger partial charge in [0.1, 0.15) is 82.3 Å². The molecule has 6 aromatic heterocycles. The number of aromatic nitrogens is 6. The van der Waals surface area contributed by atoms with Crippen molar-refractivity contribution in [2.45, 2.75) is 19.8 Å². The Labute approximate surface area is 429 Å². The molecular formula is C53H44Cl2F2N8O7S. The van der Waals surface area contributed by atoms with Gasteiger partial charge in [0, 0.05) is 46.9 Å². The van der Waals surface area contributed by atoms with Crippen LogP contribution in [0.4, 0.5) is 20.3 Å². The molecule has 0 aliphatic heterocycles. The molecule has 15 nitrogen and oxygen atoms in total. The van der Waals surface area contributed by atoms with Crippen LogP contribution in [0.5, 0.6) is 11.5 Å². The molecule has 0 aliphatic carbocycles. The van der Waals surface area contributed by atoms with Gasteiger partial charge in [-0.25, -0.2) is 37.1 Å². The Balaban J connectivity index is 0.000000212. The van der Waals surface area contributed by atoms with Crippen molar-refractivity contribution in [3.05, 3.63) is 193 Å². The lowest BCUT2D eigenvalue weighted by Gasteiger charge is -2.10. The summed E-state index contributed by atoms with van der Waals surface area (Å²) in [6.07, 6.45) is 11.2. The highest BCUT2D eigenvalue weighted by atomic mass is 35.5. The van der Waals surface area contributed by atoms with Gasteiger partial charge < -0.3 is 28.9 Å². The highest BCUT2D eigenvalue weighted by Gasteiger charge is 2.14. The number of carbonyl (C=O) groups excluding carboxylic acids is 1. The Kier molecular flexibility index (Phi) is 17.5. The van der Waals surface area contributed by atoms with Gasteiger partial charge in [-0.3, -0.25) is 14.8 Å². The first-order valence-electron chi connectivity index (χ1n) is 22.0. The molecule has 10 aromatic rings. The van der Waals surface area contributed by atoms with Crippen molar-refractivity contribution in [2.24, 2.45) is 0 Å². The quantitative estimate of drug-likeness (QED) is 0.0645. The molecule has 0 saturated carbocycles. The number of hydrogen-bond acceptors (Lipinski definition) is 15. The van der Waals surface area contributed by atoms with Gasteiger partial charge in [-0.1, -0.05) is 24.3 Å². The molecule has 0 radical (unpaired) electrons. The molecule has 73 heavy (non-hydrogen) atoms. The molecule has 2 N–H and O–H groups in total. The maximum Gasteiger partial charge on any atom is 0.153 e. The van der Waals surface area contributed by atoms with E-state index in [1.165, 1.54) is 49.4 Å². The zero-order chi connectivity index (χ0) is 49.2. The summed E-state index contributed by atoms with van der Waals surface area (Å²) in [7, 11) is -3.01. The molecule has 0 saturated heterocycles. The van der Waals surface area contributed by atoms with Crippen LogP contribution in [0.15, 0.2) is 168 Å². The first-order valence-corrected chi connectivity index (χ1v) is 24.0. The lowest BCUT2D eigenvalue weighted by molar-refractivity contribution is 0.112. The highest BCUT2D eigenvalue weighted by Crippen LogP contribution is 2.31. The summed E-state index contributed by atoms with van der Waals surface area (Å²) < 4.78 is 72.0. The molecule has 0 spiro atoms. The van der Waals surface area contributed by atoms with E-state index < -0.39 is 9.84 Å². The van der Waals surface area contributed by atoms with Crippen molar-refractivity contribution in [2.75, 3.05) is 23.9 Å².